The van der Waals surface area contributed by atoms with Crippen LogP contribution in [0, 0.1) is 5.92 Å². The average Bonchev–Trinajstić information content (AvgIpc) is 2.91. The third-order valence-corrected chi connectivity index (χ3v) is 3.36. The summed E-state index contributed by atoms with van der Waals surface area (Å²) in [6.45, 7) is 6.65. The van der Waals surface area contributed by atoms with Crippen molar-refractivity contribution < 1.29 is 9.47 Å². The molecule has 1 aliphatic rings. The highest BCUT2D eigenvalue weighted by molar-refractivity contribution is 5.27. The van der Waals surface area contributed by atoms with Crippen LogP contribution in [0.1, 0.15) is 33.1 Å². The van der Waals surface area contributed by atoms with Crippen LogP contribution in [0.25, 0.3) is 0 Å². The molecule has 0 aliphatic carbocycles. The van der Waals surface area contributed by atoms with Gasteiger partial charge in [-0.25, -0.2) is 4.98 Å². The summed E-state index contributed by atoms with van der Waals surface area (Å²) in [5, 5.41) is 3.29. The molecule has 5 heteroatoms. The van der Waals surface area contributed by atoms with E-state index >= 15 is 0 Å². The average molecular weight is 265 g/mol. The molecule has 5 nitrogen and oxygen atoms in total. The molecule has 1 aromatic heterocycles. The summed E-state index contributed by atoms with van der Waals surface area (Å²) in [4.78, 5) is 8.55. The molecule has 19 heavy (non-hydrogen) atoms. The van der Waals surface area contributed by atoms with Crippen LogP contribution < -0.4 is 10.1 Å². The number of anilines is 1. The maximum Gasteiger partial charge on any atom is 0.225 e. The number of rotatable bonds is 7. The SMILES string of the molecule is CCCOc1ccnc(NCC2CCOC2CC)n1. The Morgan fingerprint density at radius 2 is 2.37 bits per heavy atom. The van der Waals surface area contributed by atoms with Crippen molar-refractivity contribution in [1.82, 2.24) is 9.97 Å². The molecule has 0 amide bonds. The molecule has 0 radical (unpaired) electrons. The van der Waals surface area contributed by atoms with Crippen molar-refractivity contribution >= 4 is 5.95 Å². The van der Waals surface area contributed by atoms with Crippen LogP contribution in [-0.2, 0) is 4.74 Å². The van der Waals surface area contributed by atoms with Crippen LogP contribution in [0.4, 0.5) is 5.95 Å². The normalized spacial score (nSPS) is 22.4. The molecule has 1 aromatic rings. The molecule has 2 atom stereocenters. The lowest BCUT2D eigenvalue weighted by atomic mass is 10.00. The van der Waals surface area contributed by atoms with Crippen molar-refractivity contribution in [2.24, 2.45) is 5.92 Å². The molecule has 2 unspecified atom stereocenters. The van der Waals surface area contributed by atoms with Gasteiger partial charge in [0.05, 0.1) is 12.7 Å². The van der Waals surface area contributed by atoms with Gasteiger partial charge in [0.2, 0.25) is 11.8 Å². The highest BCUT2D eigenvalue weighted by Gasteiger charge is 2.26. The van der Waals surface area contributed by atoms with E-state index in [0.717, 1.165) is 32.4 Å². The Labute approximate surface area is 114 Å². The molecule has 0 saturated carbocycles. The van der Waals surface area contributed by atoms with Gasteiger partial charge in [-0.05, 0) is 19.3 Å². The number of nitrogens with one attached hydrogen (secondary N) is 1. The topological polar surface area (TPSA) is 56.3 Å². The minimum atomic E-state index is 0.368. The van der Waals surface area contributed by atoms with Crippen molar-refractivity contribution in [3.8, 4) is 5.88 Å². The van der Waals surface area contributed by atoms with E-state index < -0.39 is 0 Å². The standard InChI is InChI=1S/C14H23N3O2/c1-3-8-19-13-5-7-15-14(17-13)16-10-11-6-9-18-12(11)4-2/h5,7,11-12H,3-4,6,8-10H2,1-2H3,(H,15,16,17). The summed E-state index contributed by atoms with van der Waals surface area (Å²) in [7, 11) is 0. The van der Waals surface area contributed by atoms with Gasteiger partial charge in [0, 0.05) is 31.3 Å². The Balaban J connectivity index is 1.85. The fraction of sp³-hybridized carbons (Fsp3) is 0.714. The zero-order chi connectivity index (χ0) is 13.5. The van der Waals surface area contributed by atoms with Crippen molar-refractivity contribution in [3.63, 3.8) is 0 Å². The Morgan fingerprint density at radius 1 is 1.47 bits per heavy atom. The lowest BCUT2D eigenvalue weighted by Crippen LogP contribution is -2.23. The Morgan fingerprint density at radius 3 is 3.16 bits per heavy atom. The molecule has 0 spiro atoms. The third-order valence-electron chi connectivity index (χ3n) is 3.36. The summed E-state index contributed by atoms with van der Waals surface area (Å²) < 4.78 is 11.2. The lowest BCUT2D eigenvalue weighted by Gasteiger charge is -2.17. The monoisotopic (exact) mass is 265 g/mol. The second-order valence-electron chi connectivity index (χ2n) is 4.81. The van der Waals surface area contributed by atoms with E-state index in [9.17, 15) is 0 Å². The van der Waals surface area contributed by atoms with Gasteiger partial charge in [-0.1, -0.05) is 13.8 Å². The smallest absolute Gasteiger partial charge is 0.225 e. The van der Waals surface area contributed by atoms with Crippen molar-refractivity contribution in [2.45, 2.75) is 39.2 Å². The van der Waals surface area contributed by atoms with Crippen molar-refractivity contribution in [3.05, 3.63) is 12.3 Å². The number of hydrogen-bond donors (Lipinski definition) is 1. The lowest BCUT2D eigenvalue weighted by molar-refractivity contribution is 0.0900. The molecule has 0 aromatic carbocycles. The van der Waals surface area contributed by atoms with E-state index in [1.54, 1.807) is 12.3 Å². The first-order valence-corrected chi connectivity index (χ1v) is 7.14. The summed E-state index contributed by atoms with van der Waals surface area (Å²) in [6.07, 6.45) is 5.24. The predicted molar refractivity (Wildman–Crippen MR) is 74.4 cm³/mol. The number of nitrogens with zero attached hydrogens (tertiary/aromatic N) is 2. The first-order valence-electron chi connectivity index (χ1n) is 7.14. The molecule has 1 N–H and O–H groups in total. The van der Waals surface area contributed by atoms with Gasteiger partial charge in [-0.3, -0.25) is 0 Å². The zero-order valence-electron chi connectivity index (χ0n) is 11.8. The first kappa shape index (κ1) is 14.1. The van der Waals surface area contributed by atoms with Gasteiger partial charge in [-0.2, -0.15) is 4.98 Å². The predicted octanol–water partition coefficient (Wildman–Crippen LogP) is 2.49. The molecule has 2 rings (SSSR count). The van der Waals surface area contributed by atoms with Crippen molar-refractivity contribution in [2.75, 3.05) is 25.1 Å². The molecule has 1 fully saturated rings. The van der Waals surface area contributed by atoms with E-state index in [1.165, 1.54) is 0 Å². The number of ether oxygens (including phenoxy) is 2. The van der Waals surface area contributed by atoms with Crippen LogP contribution in [-0.4, -0.2) is 35.8 Å². The van der Waals surface area contributed by atoms with Crippen LogP contribution in [0.3, 0.4) is 0 Å². The van der Waals surface area contributed by atoms with Crippen LogP contribution in [0.15, 0.2) is 12.3 Å². The minimum absolute atomic E-state index is 0.368. The maximum absolute atomic E-state index is 5.67. The third kappa shape index (κ3) is 4.06. The largest absolute Gasteiger partial charge is 0.478 e. The molecule has 0 bridgehead atoms. The number of aromatic nitrogens is 2. The Kier molecular flexibility index (Phi) is 5.39. The fourth-order valence-corrected chi connectivity index (χ4v) is 2.31. The molecule has 1 saturated heterocycles. The van der Waals surface area contributed by atoms with Gasteiger partial charge in [-0.15, -0.1) is 0 Å². The molecule has 106 valence electrons. The van der Waals surface area contributed by atoms with E-state index in [-0.39, 0.29) is 0 Å². The molecular formula is C14H23N3O2. The number of hydrogen-bond acceptors (Lipinski definition) is 5. The zero-order valence-corrected chi connectivity index (χ0v) is 11.8. The van der Waals surface area contributed by atoms with E-state index in [2.05, 4.69) is 29.1 Å². The van der Waals surface area contributed by atoms with E-state index in [4.69, 9.17) is 9.47 Å². The van der Waals surface area contributed by atoms with E-state index in [1.807, 2.05) is 0 Å². The van der Waals surface area contributed by atoms with Crippen LogP contribution >= 0.6 is 0 Å². The highest BCUT2D eigenvalue weighted by Crippen LogP contribution is 2.23. The molecule has 2 heterocycles. The van der Waals surface area contributed by atoms with Gasteiger partial charge in [0.1, 0.15) is 0 Å². The summed E-state index contributed by atoms with van der Waals surface area (Å²) in [6, 6.07) is 1.79. The van der Waals surface area contributed by atoms with Crippen LogP contribution in [0.2, 0.25) is 0 Å². The second kappa shape index (κ2) is 7.28. The van der Waals surface area contributed by atoms with Gasteiger partial charge in [0.25, 0.3) is 0 Å². The Bertz CT molecular complexity index is 387. The first-order chi connectivity index (χ1) is 9.33. The quantitative estimate of drug-likeness (QED) is 0.821. The molecular weight excluding hydrogens is 242 g/mol. The van der Waals surface area contributed by atoms with Crippen LogP contribution in [0.5, 0.6) is 5.88 Å². The summed E-state index contributed by atoms with van der Waals surface area (Å²) in [5.41, 5.74) is 0. The van der Waals surface area contributed by atoms with Gasteiger partial charge < -0.3 is 14.8 Å². The minimum Gasteiger partial charge on any atom is -0.478 e. The fourth-order valence-electron chi connectivity index (χ4n) is 2.31. The van der Waals surface area contributed by atoms with Gasteiger partial charge in [0.15, 0.2) is 0 Å². The maximum atomic E-state index is 5.67. The Hall–Kier alpha value is -1.36. The summed E-state index contributed by atoms with van der Waals surface area (Å²) in [5.74, 6) is 1.82. The van der Waals surface area contributed by atoms with Gasteiger partial charge >= 0.3 is 0 Å². The van der Waals surface area contributed by atoms with Crippen molar-refractivity contribution in [1.29, 1.82) is 0 Å². The van der Waals surface area contributed by atoms with E-state index in [0.29, 0.717) is 30.5 Å². The summed E-state index contributed by atoms with van der Waals surface area (Å²) >= 11 is 0. The molecule has 1 aliphatic heterocycles. The highest BCUT2D eigenvalue weighted by atomic mass is 16.5. The second-order valence-corrected chi connectivity index (χ2v) is 4.81.